The van der Waals surface area contributed by atoms with Gasteiger partial charge in [-0.3, -0.25) is 4.79 Å². The molecule has 0 bridgehead atoms. The smallest absolute Gasteiger partial charge is 0.335 e. The summed E-state index contributed by atoms with van der Waals surface area (Å²) in [4.78, 5) is 23.6. The number of nitrogens with zero attached hydrogens (tertiary/aromatic N) is 1. The Morgan fingerprint density at radius 1 is 1.09 bits per heavy atom. The van der Waals surface area contributed by atoms with Crippen molar-refractivity contribution in [3.63, 3.8) is 0 Å². The highest BCUT2D eigenvalue weighted by Crippen LogP contribution is 2.37. The van der Waals surface area contributed by atoms with E-state index in [0.29, 0.717) is 23.4 Å². The number of ether oxygens (including phenoxy) is 2. The minimum Gasteiger partial charge on any atom is -0.493 e. The topological polar surface area (TPSA) is 109 Å². The Balaban J connectivity index is 1.76. The molecule has 0 radical (unpaired) electrons. The molecule has 3 rings (SSSR count). The van der Waals surface area contributed by atoms with Crippen LogP contribution in [0.5, 0.6) is 11.5 Å². The molecular weight excluding hydrogens is 456 g/mol. The largest absolute Gasteiger partial charge is 0.493 e. The average molecular weight is 477 g/mol. The van der Waals surface area contributed by atoms with Crippen molar-refractivity contribution < 1.29 is 24.2 Å². The lowest BCUT2D eigenvalue weighted by atomic mass is 10.1. The highest BCUT2D eigenvalue weighted by atomic mass is 35.5. The predicted molar refractivity (Wildman–Crippen MR) is 128 cm³/mol. The van der Waals surface area contributed by atoms with Gasteiger partial charge in [0.25, 0.3) is 5.91 Å². The van der Waals surface area contributed by atoms with Gasteiger partial charge in [0.15, 0.2) is 11.5 Å². The second kappa shape index (κ2) is 11.5. The van der Waals surface area contributed by atoms with Crippen LogP contribution in [0.25, 0.3) is 6.08 Å². The van der Waals surface area contributed by atoms with Crippen LogP contribution in [0.2, 0.25) is 5.02 Å². The van der Waals surface area contributed by atoms with Crippen molar-refractivity contribution in [2.24, 2.45) is 0 Å². The number of carboxylic acids is 1. The van der Waals surface area contributed by atoms with Crippen LogP contribution in [0.1, 0.15) is 27.0 Å². The van der Waals surface area contributed by atoms with Crippen LogP contribution in [-0.4, -0.2) is 24.1 Å². The van der Waals surface area contributed by atoms with E-state index in [0.717, 1.165) is 5.56 Å². The molecule has 3 aromatic rings. The minimum atomic E-state index is -1.03. The van der Waals surface area contributed by atoms with E-state index in [1.165, 1.54) is 25.3 Å². The number of hydrogen-bond acceptors (Lipinski definition) is 5. The lowest BCUT2D eigenvalue weighted by Gasteiger charge is -2.14. The zero-order chi connectivity index (χ0) is 24.5. The van der Waals surface area contributed by atoms with E-state index in [-0.39, 0.29) is 28.5 Å². The van der Waals surface area contributed by atoms with Gasteiger partial charge in [0, 0.05) is 6.54 Å². The van der Waals surface area contributed by atoms with Crippen LogP contribution < -0.4 is 14.8 Å². The Kier molecular flexibility index (Phi) is 8.27. The van der Waals surface area contributed by atoms with Crippen LogP contribution in [0.3, 0.4) is 0 Å². The van der Waals surface area contributed by atoms with E-state index in [4.69, 9.17) is 26.2 Å². The molecule has 0 atom stereocenters. The van der Waals surface area contributed by atoms with Gasteiger partial charge in [-0.2, -0.15) is 5.26 Å². The second-order valence-corrected chi connectivity index (χ2v) is 7.57. The van der Waals surface area contributed by atoms with Crippen molar-refractivity contribution >= 4 is 29.6 Å². The molecule has 0 aliphatic carbocycles. The molecule has 8 heteroatoms. The maximum absolute atomic E-state index is 12.5. The number of carbonyl (C=O) groups is 2. The summed E-state index contributed by atoms with van der Waals surface area (Å²) in [6.07, 6.45) is 1.41. The fraction of sp³-hybridized carbons (Fsp3) is 0.115. The summed E-state index contributed by atoms with van der Waals surface area (Å²) in [6.45, 7) is 0.357. The lowest BCUT2D eigenvalue weighted by Crippen LogP contribution is -2.23. The maximum atomic E-state index is 12.5. The second-order valence-electron chi connectivity index (χ2n) is 7.17. The first kappa shape index (κ1) is 24.4. The van der Waals surface area contributed by atoms with E-state index < -0.39 is 11.9 Å². The van der Waals surface area contributed by atoms with Gasteiger partial charge in [-0.05, 0) is 47.0 Å². The minimum absolute atomic E-state index is 0.0672. The number of carbonyl (C=O) groups excluding carboxylic acids is 1. The van der Waals surface area contributed by atoms with Crippen molar-refractivity contribution in [1.82, 2.24) is 5.32 Å². The van der Waals surface area contributed by atoms with E-state index in [2.05, 4.69) is 5.32 Å². The van der Waals surface area contributed by atoms with Crippen molar-refractivity contribution in [1.29, 1.82) is 5.26 Å². The molecule has 1 amide bonds. The number of amides is 1. The average Bonchev–Trinajstić information content (AvgIpc) is 2.85. The summed E-state index contributed by atoms with van der Waals surface area (Å²) in [7, 11) is 1.44. The summed E-state index contributed by atoms with van der Waals surface area (Å²) in [5, 5.41) is 21.5. The molecule has 172 valence electrons. The van der Waals surface area contributed by atoms with Crippen LogP contribution in [0, 0.1) is 11.3 Å². The number of nitriles is 1. The number of rotatable bonds is 9. The molecule has 2 N–H and O–H groups in total. The third-order valence-electron chi connectivity index (χ3n) is 4.78. The summed E-state index contributed by atoms with van der Waals surface area (Å²) in [6, 6.07) is 20.8. The molecule has 0 spiro atoms. The van der Waals surface area contributed by atoms with Crippen LogP contribution in [-0.2, 0) is 17.9 Å². The summed E-state index contributed by atoms with van der Waals surface area (Å²) in [5.41, 5.74) is 2.09. The molecule has 0 heterocycles. The van der Waals surface area contributed by atoms with Gasteiger partial charge >= 0.3 is 5.97 Å². The van der Waals surface area contributed by atoms with Gasteiger partial charge in [-0.25, -0.2) is 4.79 Å². The normalized spacial score (nSPS) is 10.8. The van der Waals surface area contributed by atoms with Gasteiger partial charge in [0.2, 0.25) is 0 Å². The first-order valence-corrected chi connectivity index (χ1v) is 10.6. The third-order valence-corrected chi connectivity index (χ3v) is 5.06. The number of halogens is 1. The molecule has 0 aliphatic rings. The van der Waals surface area contributed by atoms with Gasteiger partial charge in [-0.15, -0.1) is 0 Å². The molecule has 0 unspecified atom stereocenters. The molecule has 0 saturated carbocycles. The SMILES string of the molecule is COc1cc(/C=C(/C#N)C(=O)NCc2ccccc2)cc(Cl)c1OCc1cccc(C(=O)O)c1. The van der Waals surface area contributed by atoms with Crippen LogP contribution in [0.15, 0.2) is 72.3 Å². The molecule has 34 heavy (non-hydrogen) atoms. The number of hydrogen-bond donors (Lipinski definition) is 2. The van der Waals surface area contributed by atoms with Crippen LogP contribution >= 0.6 is 11.6 Å². The Bertz CT molecular complexity index is 1270. The summed E-state index contributed by atoms with van der Waals surface area (Å²) in [5.74, 6) is -0.987. The van der Waals surface area contributed by atoms with Crippen molar-refractivity contribution in [3.05, 3.63) is 99.6 Å². The van der Waals surface area contributed by atoms with E-state index in [9.17, 15) is 14.9 Å². The predicted octanol–water partition coefficient (Wildman–Crippen LogP) is 4.85. The Labute approximate surface area is 201 Å². The van der Waals surface area contributed by atoms with Crippen molar-refractivity contribution in [3.8, 4) is 17.6 Å². The molecule has 3 aromatic carbocycles. The van der Waals surface area contributed by atoms with Crippen LogP contribution in [0.4, 0.5) is 0 Å². The van der Waals surface area contributed by atoms with Crippen molar-refractivity contribution in [2.45, 2.75) is 13.2 Å². The van der Waals surface area contributed by atoms with Gasteiger partial charge in [0.1, 0.15) is 18.2 Å². The number of carboxylic acid groups (broad SMARTS) is 1. The molecule has 0 saturated heterocycles. The number of nitrogens with one attached hydrogen (secondary N) is 1. The van der Waals surface area contributed by atoms with E-state index in [1.54, 1.807) is 24.3 Å². The molecule has 0 aliphatic heterocycles. The van der Waals surface area contributed by atoms with Gasteiger partial charge in [-0.1, -0.05) is 54.1 Å². The van der Waals surface area contributed by atoms with Gasteiger partial charge < -0.3 is 19.9 Å². The molecular formula is C26H21ClN2O5. The Morgan fingerprint density at radius 2 is 1.82 bits per heavy atom. The summed E-state index contributed by atoms with van der Waals surface area (Å²) < 4.78 is 11.2. The number of benzene rings is 3. The standard InChI is InChI=1S/C26H21ClN2O5/c1-33-23-13-19(11-21(14-28)25(30)29-15-17-6-3-2-4-7-17)12-22(27)24(23)34-16-18-8-5-9-20(10-18)26(31)32/h2-13H,15-16H2,1H3,(H,29,30)(H,31,32)/b21-11-. The zero-order valence-electron chi connectivity index (χ0n) is 18.2. The maximum Gasteiger partial charge on any atom is 0.335 e. The highest BCUT2D eigenvalue weighted by molar-refractivity contribution is 6.32. The Morgan fingerprint density at radius 3 is 2.50 bits per heavy atom. The molecule has 0 aromatic heterocycles. The van der Waals surface area contributed by atoms with Gasteiger partial charge in [0.05, 0.1) is 17.7 Å². The molecule has 0 fully saturated rings. The molecule has 7 nitrogen and oxygen atoms in total. The zero-order valence-corrected chi connectivity index (χ0v) is 19.0. The highest BCUT2D eigenvalue weighted by Gasteiger charge is 2.15. The number of methoxy groups -OCH3 is 1. The lowest BCUT2D eigenvalue weighted by molar-refractivity contribution is -0.117. The third kappa shape index (κ3) is 6.37. The van der Waals surface area contributed by atoms with Crippen molar-refractivity contribution in [2.75, 3.05) is 7.11 Å². The fourth-order valence-corrected chi connectivity index (χ4v) is 3.38. The van der Waals surface area contributed by atoms with E-state index >= 15 is 0 Å². The van der Waals surface area contributed by atoms with E-state index in [1.807, 2.05) is 36.4 Å². The number of aromatic carboxylic acids is 1. The quantitative estimate of drug-likeness (QED) is 0.337. The first-order chi connectivity index (χ1) is 16.4. The fourth-order valence-electron chi connectivity index (χ4n) is 3.10. The summed E-state index contributed by atoms with van der Waals surface area (Å²) >= 11 is 6.40. The first-order valence-electron chi connectivity index (χ1n) is 10.2. The monoisotopic (exact) mass is 476 g/mol. The Hall–Kier alpha value is -4.28.